The summed E-state index contributed by atoms with van der Waals surface area (Å²) in [5, 5.41) is 35.4. The number of hydrogen-bond donors (Lipinski definition) is 4. The zero-order valence-electron chi connectivity index (χ0n) is 12.3. The summed E-state index contributed by atoms with van der Waals surface area (Å²) < 4.78 is 0. The van der Waals surface area contributed by atoms with Crippen LogP contribution in [-0.4, -0.2) is 92.4 Å². The van der Waals surface area contributed by atoms with Gasteiger partial charge in [0.1, 0.15) is 12.1 Å². The van der Waals surface area contributed by atoms with E-state index in [1.807, 2.05) is 0 Å². The summed E-state index contributed by atoms with van der Waals surface area (Å²) >= 11 is 0. The number of rotatable bonds is 11. The average molecular weight is 320 g/mol. The van der Waals surface area contributed by atoms with E-state index in [0.29, 0.717) is 0 Å². The fraction of sp³-hybridized carbons (Fsp3) is 0.667. The van der Waals surface area contributed by atoms with Gasteiger partial charge in [0.2, 0.25) is 0 Å². The molecule has 0 aromatic carbocycles. The van der Waals surface area contributed by atoms with Gasteiger partial charge in [0.15, 0.2) is 0 Å². The van der Waals surface area contributed by atoms with Gasteiger partial charge in [-0.15, -0.1) is 0 Å². The minimum Gasteiger partial charge on any atom is -0.480 e. The second kappa shape index (κ2) is 8.95. The zero-order chi connectivity index (χ0) is 17.4. The maximum atomic E-state index is 11.0. The summed E-state index contributed by atoms with van der Waals surface area (Å²) in [5.74, 6) is -4.91. The lowest BCUT2D eigenvalue weighted by molar-refractivity contribution is -0.149. The summed E-state index contributed by atoms with van der Waals surface area (Å²) in [6.07, 6.45) is 0. The topological polar surface area (TPSA) is 156 Å². The van der Waals surface area contributed by atoms with Crippen molar-refractivity contribution in [2.75, 3.05) is 26.2 Å². The first kappa shape index (κ1) is 19.8. The quantitative estimate of drug-likeness (QED) is 0.361. The molecule has 0 aliphatic heterocycles. The molecule has 0 radical (unpaired) electrons. The standard InChI is InChI=1S/C12H20N2O8/c1-7(11(19)20)13(5-9(15)16)3-4-14(6-10(17)18)8(2)12(21)22/h7-8H,3-6H2,1-2H3,(H,15,16)(H,17,18)(H,19,20)(H,21,22)/t7-,8-/m0/s1. The third-order valence-electron chi connectivity index (χ3n) is 3.16. The van der Waals surface area contributed by atoms with Crippen LogP contribution in [-0.2, 0) is 19.2 Å². The third-order valence-corrected chi connectivity index (χ3v) is 3.16. The molecule has 10 heteroatoms. The first-order valence-corrected chi connectivity index (χ1v) is 6.43. The van der Waals surface area contributed by atoms with Gasteiger partial charge in [0.25, 0.3) is 0 Å². The van der Waals surface area contributed by atoms with Gasteiger partial charge in [-0.2, -0.15) is 0 Å². The minimum atomic E-state index is -1.23. The Hall–Kier alpha value is -2.20. The molecule has 0 aromatic rings. The van der Waals surface area contributed by atoms with E-state index >= 15 is 0 Å². The highest BCUT2D eigenvalue weighted by atomic mass is 16.4. The van der Waals surface area contributed by atoms with Crippen LogP contribution in [0.5, 0.6) is 0 Å². The Kier molecular flexibility index (Phi) is 8.05. The molecule has 4 N–H and O–H groups in total. The normalized spacial score (nSPS) is 13.8. The van der Waals surface area contributed by atoms with E-state index in [-0.39, 0.29) is 13.1 Å². The summed E-state index contributed by atoms with van der Waals surface area (Å²) in [6.45, 7) is 1.32. The minimum absolute atomic E-state index is 0.0926. The zero-order valence-corrected chi connectivity index (χ0v) is 12.3. The van der Waals surface area contributed by atoms with Crippen molar-refractivity contribution in [2.24, 2.45) is 0 Å². The molecule has 0 amide bonds. The van der Waals surface area contributed by atoms with Gasteiger partial charge < -0.3 is 20.4 Å². The van der Waals surface area contributed by atoms with Crippen molar-refractivity contribution >= 4 is 23.9 Å². The van der Waals surface area contributed by atoms with E-state index in [1.165, 1.54) is 13.8 Å². The molecule has 0 fully saturated rings. The maximum Gasteiger partial charge on any atom is 0.320 e. The second-order valence-electron chi connectivity index (χ2n) is 4.76. The molecule has 10 nitrogen and oxygen atoms in total. The van der Waals surface area contributed by atoms with Crippen molar-refractivity contribution in [1.29, 1.82) is 0 Å². The van der Waals surface area contributed by atoms with Gasteiger partial charge in [-0.25, -0.2) is 0 Å². The Morgan fingerprint density at radius 3 is 1.18 bits per heavy atom. The fourth-order valence-corrected chi connectivity index (χ4v) is 1.74. The SMILES string of the molecule is C[C@@H](C(=O)O)N(CCN(CC(=O)O)[C@@H](C)C(=O)O)CC(=O)O. The summed E-state index contributed by atoms with van der Waals surface area (Å²) in [7, 11) is 0. The van der Waals surface area contributed by atoms with Gasteiger partial charge >= 0.3 is 23.9 Å². The van der Waals surface area contributed by atoms with Crippen LogP contribution >= 0.6 is 0 Å². The predicted molar refractivity (Wildman–Crippen MR) is 72.6 cm³/mol. The maximum absolute atomic E-state index is 11.0. The molecular weight excluding hydrogens is 300 g/mol. The highest BCUT2D eigenvalue weighted by Gasteiger charge is 2.27. The Labute approximate surface area is 126 Å². The van der Waals surface area contributed by atoms with E-state index in [1.54, 1.807) is 0 Å². The van der Waals surface area contributed by atoms with Gasteiger partial charge in [-0.1, -0.05) is 0 Å². The van der Waals surface area contributed by atoms with Crippen LogP contribution < -0.4 is 0 Å². The van der Waals surface area contributed by atoms with Crippen LogP contribution in [0.4, 0.5) is 0 Å². The molecule has 0 aliphatic rings. The van der Waals surface area contributed by atoms with Crippen LogP contribution in [0.15, 0.2) is 0 Å². The van der Waals surface area contributed by atoms with E-state index in [4.69, 9.17) is 20.4 Å². The van der Waals surface area contributed by atoms with Gasteiger partial charge in [-0.05, 0) is 13.8 Å². The molecule has 0 aromatic heterocycles. The predicted octanol–water partition coefficient (Wildman–Crippen LogP) is -1.29. The molecule has 0 heterocycles. The smallest absolute Gasteiger partial charge is 0.320 e. The Morgan fingerprint density at radius 1 is 0.727 bits per heavy atom. The van der Waals surface area contributed by atoms with Crippen LogP contribution in [0, 0.1) is 0 Å². The molecule has 2 atom stereocenters. The van der Waals surface area contributed by atoms with Crippen molar-refractivity contribution in [3.05, 3.63) is 0 Å². The number of carbonyl (C=O) groups is 4. The van der Waals surface area contributed by atoms with E-state index in [0.717, 1.165) is 9.80 Å². The summed E-state index contributed by atoms with van der Waals surface area (Å²) in [6, 6.07) is -2.19. The molecule has 0 bridgehead atoms. The largest absolute Gasteiger partial charge is 0.480 e. The van der Waals surface area contributed by atoms with Crippen LogP contribution in [0.2, 0.25) is 0 Å². The van der Waals surface area contributed by atoms with Crippen molar-refractivity contribution in [2.45, 2.75) is 25.9 Å². The van der Waals surface area contributed by atoms with Gasteiger partial charge in [0.05, 0.1) is 13.1 Å². The second-order valence-corrected chi connectivity index (χ2v) is 4.76. The molecule has 0 spiro atoms. The third kappa shape index (κ3) is 6.99. The van der Waals surface area contributed by atoms with Gasteiger partial charge in [0, 0.05) is 13.1 Å². The highest BCUT2D eigenvalue weighted by molar-refractivity contribution is 5.76. The molecule has 0 rings (SSSR count). The van der Waals surface area contributed by atoms with Gasteiger partial charge in [-0.3, -0.25) is 29.0 Å². The number of carboxylic acid groups (broad SMARTS) is 4. The van der Waals surface area contributed by atoms with Crippen LogP contribution in [0.25, 0.3) is 0 Å². The highest BCUT2D eigenvalue weighted by Crippen LogP contribution is 2.04. The van der Waals surface area contributed by atoms with Crippen LogP contribution in [0.1, 0.15) is 13.8 Å². The van der Waals surface area contributed by atoms with Crippen molar-refractivity contribution < 1.29 is 39.6 Å². The molecular formula is C12H20N2O8. The molecule has 0 saturated heterocycles. The first-order valence-electron chi connectivity index (χ1n) is 6.43. The number of aliphatic carboxylic acids is 4. The lowest BCUT2D eigenvalue weighted by Crippen LogP contribution is -2.49. The fourth-order valence-electron chi connectivity index (χ4n) is 1.74. The lowest BCUT2D eigenvalue weighted by atomic mass is 10.2. The Morgan fingerprint density at radius 2 is 1.00 bits per heavy atom. The summed E-state index contributed by atoms with van der Waals surface area (Å²) in [4.78, 5) is 45.7. The number of carboxylic acids is 4. The Bertz CT molecular complexity index is 399. The first-order chi connectivity index (χ1) is 10.1. The van der Waals surface area contributed by atoms with Crippen molar-refractivity contribution in [3.8, 4) is 0 Å². The molecule has 0 aliphatic carbocycles. The lowest BCUT2D eigenvalue weighted by Gasteiger charge is -2.29. The van der Waals surface area contributed by atoms with E-state index in [9.17, 15) is 19.2 Å². The monoisotopic (exact) mass is 320 g/mol. The van der Waals surface area contributed by atoms with Crippen molar-refractivity contribution in [1.82, 2.24) is 9.80 Å². The number of hydrogen-bond acceptors (Lipinski definition) is 6. The van der Waals surface area contributed by atoms with Crippen LogP contribution in [0.3, 0.4) is 0 Å². The molecule has 0 unspecified atom stereocenters. The van der Waals surface area contributed by atoms with E-state index in [2.05, 4.69) is 0 Å². The number of nitrogens with zero attached hydrogens (tertiary/aromatic N) is 2. The molecule has 126 valence electrons. The molecule has 0 saturated carbocycles. The Balaban J connectivity index is 4.93. The van der Waals surface area contributed by atoms with Crippen molar-refractivity contribution in [3.63, 3.8) is 0 Å². The average Bonchev–Trinajstić information content (AvgIpc) is 2.38. The summed E-state index contributed by atoms with van der Waals surface area (Å²) in [5.41, 5.74) is 0. The van der Waals surface area contributed by atoms with E-state index < -0.39 is 49.1 Å². The molecule has 22 heavy (non-hydrogen) atoms.